The Hall–Kier alpha value is -3.31. The minimum absolute atomic E-state index is 0. The Bertz CT molecular complexity index is 1610. The summed E-state index contributed by atoms with van der Waals surface area (Å²) in [6, 6.07) is 2.93. The zero-order chi connectivity index (χ0) is 30.4. The molecule has 0 fully saturated rings. The number of rotatable bonds is 5. The lowest BCUT2D eigenvalue weighted by Gasteiger charge is -2.02. The number of aliphatic hydroxyl groups excluding tert-OH is 1. The van der Waals surface area contributed by atoms with Crippen LogP contribution < -0.4 is 11.1 Å². The Balaban J connectivity index is 0.000000293. The van der Waals surface area contributed by atoms with Crippen molar-refractivity contribution < 1.29 is 5.11 Å². The average Bonchev–Trinajstić information content (AvgIpc) is 3.63. The molecule has 13 nitrogen and oxygen atoms in total. The maximum absolute atomic E-state index is 11.2. The van der Waals surface area contributed by atoms with E-state index in [0.29, 0.717) is 9.93 Å². The Morgan fingerprint density at radius 2 is 1.38 bits per heavy atom. The molecule has 0 bridgehead atoms. The van der Waals surface area contributed by atoms with Crippen LogP contribution in [-0.2, 0) is 38.8 Å². The fraction of sp³-hybridized carbons (Fsp3) is 0.320. The Morgan fingerprint density at radius 1 is 0.857 bits per heavy atom. The number of alkyl halides is 1. The highest BCUT2D eigenvalue weighted by molar-refractivity contribution is 9.08. The summed E-state index contributed by atoms with van der Waals surface area (Å²) >= 11 is 9.50. The van der Waals surface area contributed by atoms with E-state index < -0.39 is 0 Å². The second kappa shape index (κ2) is 19.0. The highest BCUT2D eigenvalue weighted by Crippen LogP contribution is 2.17. The van der Waals surface area contributed by atoms with Crippen molar-refractivity contribution in [3.63, 3.8) is 0 Å². The van der Waals surface area contributed by atoms with Crippen molar-refractivity contribution >= 4 is 52.3 Å². The summed E-state index contributed by atoms with van der Waals surface area (Å²) in [5, 5.41) is 10.1. The van der Waals surface area contributed by atoms with Gasteiger partial charge in [0.1, 0.15) is 0 Å². The molecule has 5 heterocycles. The van der Waals surface area contributed by atoms with Gasteiger partial charge in [-0.05, 0) is 26.1 Å². The Labute approximate surface area is 266 Å². The monoisotopic (exact) mass is 700 g/mol. The lowest BCUT2D eigenvalue weighted by Crippen LogP contribution is -2.08. The number of aromatic amines is 3. The third kappa shape index (κ3) is 13.1. The van der Waals surface area contributed by atoms with Gasteiger partial charge < -0.3 is 28.8 Å². The molecule has 0 aliphatic rings. The fourth-order valence-electron chi connectivity index (χ4n) is 2.93. The Morgan fingerprint density at radius 3 is 1.76 bits per heavy atom. The van der Waals surface area contributed by atoms with Gasteiger partial charge in [0, 0.05) is 79.5 Å². The van der Waals surface area contributed by atoms with Crippen LogP contribution in [0.1, 0.15) is 28.5 Å². The van der Waals surface area contributed by atoms with E-state index in [1.807, 2.05) is 43.4 Å². The van der Waals surface area contributed by atoms with E-state index in [1.165, 1.54) is 29.6 Å². The van der Waals surface area contributed by atoms with Crippen LogP contribution in [-0.4, -0.2) is 53.7 Å². The number of hydrogen-bond donors (Lipinski definition) is 4. The number of halogens is 2. The molecule has 4 N–H and O–H groups in total. The van der Waals surface area contributed by atoms with Crippen molar-refractivity contribution in [1.29, 1.82) is 0 Å². The van der Waals surface area contributed by atoms with Gasteiger partial charge in [0.15, 0.2) is 9.93 Å². The van der Waals surface area contributed by atoms with Crippen LogP contribution in [0.15, 0.2) is 64.5 Å². The molecule has 42 heavy (non-hydrogen) atoms. The molecule has 0 amide bonds. The van der Waals surface area contributed by atoms with E-state index >= 15 is 0 Å². The van der Waals surface area contributed by atoms with E-state index in [1.54, 1.807) is 42.9 Å². The van der Waals surface area contributed by atoms with Gasteiger partial charge in [-0.3, -0.25) is 14.6 Å². The van der Waals surface area contributed by atoms with E-state index in [9.17, 15) is 9.59 Å². The number of aryl methyl sites for hydroxylation is 5. The van der Waals surface area contributed by atoms with Crippen molar-refractivity contribution in [2.24, 2.45) is 21.1 Å². The molecule has 0 aliphatic carbocycles. The van der Waals surface area contributed by atoms with E-state index in [-0.39, 0.29) is 30.1 Å². The highest BCUT2D eigenvalue weighted by Gasteiger charge is 2.03. The van der Waals surface area contributed by atoms with Crippen molar-refractivity contribution in [1.82, 2.24) is 48.6 Å². The molecule has 5 aromatic rings. The standard InChI is InChI=1S/C10H12N4OS.C5H7BrN2.C5H6N2OS.C5H8N2O.ClH/c1-7-3-9(15)13-10(12-7)16-5-8-4-11-6-14(8)2;1-8-4-7-3-5(8)2-6;1-3-2-4(8)7-5(9)6-3;1-7-4-6-2-5(7)3-8;/h3-4,6H,5H2,1-2H3,(H,12,13,15);3-4H,2H2,1H3;2H,1H3,(H2,6,7,8,9);2,4,8H,3H2,1H3;1H. The molecule has 228 valence electrons. The Kier molecular flexibility index (Phi) is 16.6. The van der Waals surface area contributed by atoms with Crippen molar-refractivity contribution in [2.75, 3.05) is 0 Å². The fourth-order valence-corrected chi connectivity index (χ4v) is 4.67. The molecule has 0 saturated heterocycles. The summed E-state index contributed by atoms with van der Waals surface area (Å²) in [6.45, 7) is 3.66. The first kappa shape index (κ1) is 36.7. The predicted molar refractivity (Wildman–Crippen MR) is 172 cm³/mol. The predicted octanol–water partition coefficient (Wildman–Crippen LogP) is 3.49. The third-order valence-corrected chi connectivity index (χ3v) is 6.83. The van der Waals surface area contributed by atoms with Gasteiger partial charge in [-0.15, -0.1) is 12.4 Å². The molecule has 0 unspecified atom stereocenters. The molecule has 5 rings (SSSR count). The lowest BCUT2D eigenvalue weighted by molar-refractivity contribution is 0.272. The topological polar surface area (TPSA) is 168 Å². The van der Waals surface area contributed by atoms with Gasteiger partial charge in [0.05, 0.1) is 37.5 Å². The summed E-state index contributed by atoms with van der Waals surface area (Å²) in [4.78, 5) is 45.7. The molecule has 17 heteroatoms. The number of thioether (sulfide) groups is 1. The zero-order valence-corrected chi connectivity index (χ0v) is 27.8. The number of nitrogens with one attached hydrogen (secondary N) is 3. The second-order valence-corrected chi connectivity index (χ2v) is 10.5. The number of imidazole rings is 3. The van der Waals surface area contributed by atoms with Crippen LogP contribution in [0.25, 0.3) is 0 Å². The minimum Gasteiger partial charge on any atom is -0.390 e. The molecule has 0 aromatic carbocycles. The molecule has 0 radical (unpaired) electrons. The van der Waals surface area contributed by atoms with E-state index in [0.717, 1.165) is 33.9 Å². The van der Waals surface area contributed by atoms with Gasteiger partial charge in [0.2, 0.25) is 0 Å². The second-order valence-electron chi connectivity index (χ2n) is 8.53. The van der Waals surface area contributed by atoms with E-state index in [2.05, 4.69) is 63.0 Å². The minimum atomic E-state index is -0.156. The van der Waals surface area contributed by atoms with Crippen LogP contribution in [0.5, 0.6) is 0 Å². The highest BCUT2D eigenvalue weighted by atomic mass is 79.9. The van der Waals surface area contributed by atoms with Crippen LogP contribution in [0, 0.1) is 18.6 Å². The maximum Gasteiger partial charge on any atom is 0.251 e. The van der Waals surface area contributed by atoms with Crippen LogP contribution in [0.3, 0.4) is 0 Å². The number of nitrogens with zero attached hydrogens (tertiary/aromatic N) is 7. The number of aliphatic hydroxyl groups is 1. The maximum atomic E-state index is 11.2. The number of aromatic nitrogens is 10. The molecule has 5 aromatic heterocycles. The first-order chi connectivity index (χ1) is 19.5. The van der Waals surface area contributed by atoms with Crippen molar-refractivity contribution in [3.05, 3.63) is 104 Å². The van der Waals surface area contributed by atoms with E-state index in [4.69, 9.17) is 5.11 Å². The zero-order valence-electron chi connectivity index (χ0n) is 23.7. The molecular weight excluding hydrogens is 668 g/mol. The normalized spacial score (nSPS) is 9.79. The SMILES string of the molecule is Cc1cc(=O)[nH]c(=S)[nH]1.Cc1cc(=O)[nH]c(SCc2cncn2C)n1.Cl.Cn1cncc1CBr.Cn1cncc1CO. The first-order valence-corrected chi connectivity index (χ1v) is 14.6. The van der Waals surface area contributed by atoms with Crippen LogP contribution in [0.2, 0.25) is 0 Å². The summed E-state index contributed by atoms with van der Waals surface area (Å²) in [6.07, 6.45) is 10.5. The quantitative estimate of drug-likeness (QED) is 0.0928. The van der Waals surface area contributed by atoms with Gasteiger partial charge >= 0.3 is 0 Å². The average molecular weight is 702 g/mol. The molecular formula is C25H34BrClN10O3S2. The molecule has 0 atom stereocenters. The van der Waals surface area contributed by atoms with Crippen molar-refractivity contribution in [2.45, 2.75) is 36.7 Å². The molecule has 0 spiro atoms. The largest absolute Gasteiger partial charge is 0.390 e. The van der Waals surface area contributed by atoms with Gasteiger partial charge in [-0.2, -0.15) is 0 Å². The van der Waals surface area contributed by atoms with Crippen LogP contribution in [0.4, 0.5) is 0 Å². The number of hydrogen-bond acceptors (Lipinski definition) is 9. The van der Waals surface area contributed by atoms with Crippen molar-refractivity contribution in [3.8, 4) is 0 Å². The summed E-state index contributed by atoms with van der Waals surface area (Å²) in [7, 11) is 5.76. The van der Waals surface area contributed by atoms with Gasteiger partial charge in [-0.1, -0.05) is 27.7 Å². The lowest BCUT2D eigenvalue weighted by atomic mass is 10.5. The van der Waals surface area contributed by atoms with Crippen LogP contribution >= 0.6 is 52.3 Å². The summed E-state index contributed by atoms with van der Waals surface area (Å²) in [5.41, 5.74) is 4.38. The third-order valence-electron chi connectivity index (χ3n) is 5.15. The smallest absolute Gasteiger partial charge is 0.251 e. The summed E-state index contributed by atoms with van der Waals surface area (Å²) < 4.78 is 6.08. The molecule has 0 saturated carbocycles. The first-order valence-electron chi connectivity index (χ1n) is 12.1. The number of H-pyrrole nitrogens is 3. The van der Waals surface area contributed by atoms with Gasteiger partial charge in [-0.25, -0.2) is 19.9 Å². The van der Waals surface area contributed by atoms with Gasteiger partial charge in [0.25, 0.3) is 11.1 Å². The summed E-state index contributed by atoms with van der Waals surface area (Å²) in [5.74, 6) is 0.739. The molecule has 0 aliphatic heterocycles.